The van der Waals surface area contributed by atoms with E-state index in [4.69, 9.17) is 23.2 Å². The van der Waals surface area contributed by atoms with Crippen LogP contribution in [-0.4, -0.2) is 25.0 Å². The zero-order valence-corrected chi connectivity index (χ0v) is 13.8. The zero-order valence-electron chi connectivity index (χ0n) is 12.3. The summed E-state index contributed by atoms with van der Waals surface area (Å²) in [6, 6.07) is 1.60. The van der Waals surface area contributed by atoms with Crippen molar-refractivity contribution >= 4 is 35.1 Å². The fourth-order valence-corrected chi connectivity index (χ4v) is 2.23. The lowest BCUT2D eigenvalue weighted by Gasteiger charge is -2.16. The van der Waals surface area contributed by atoms with Crippen molar-refractivity contribution in [1.82, 2.24) is 16.0 Å². The Morgan fingerprint density at radius 1 is 1.27 bits per heavy atom. The first-order chi connectivity index (χ1) is 10.3. The lowest BCUT2D eigenvalue weighted by Crippen LogP contribution is -2.43. The van der Waals surface area contributed by atoms with Gasteiger partial charge in [-0.25, -0.2) is 9.18 Å². The smallest absolute Gasteiger partial charge is 0.321 e. The van der Waals surface area contributed by atoms with Crippen LogP contribution in [0.4, 0.5) is 9.18 Å². The predicted octanol–water partition coefficient (Wildman–Crippen LogP) is 3.02. The third kappa shape index (κ3) is 5.79. The maximum atomic E-state index is 13.5. The van der Waals surface area contributed by atoms with Gasteiger partial charge in [-0.3, -0.25) is 10.1 Å². The van der Waals surface area contributed by atoms with Crippen LogP contribution in [0.2, 0.25) is 10.0 Å². The number of urea groups is 1. The molecule has 0 saturated carbocycles. The van der Waals surface area contributed by atoms with Crippen LogP contribution in [0.5, 0.6) is 0 Å². The molecule has 5 nitrogen and oxygen atoms in total. The van der Waals surface area contributed by atoms with E-state index in [1.165, 1.54) is 12.1 Å². The van der Waals surface area contributed by atoms with Gasteiger partial charge in [-0.15, -0.1) is 0 Å². The minimum Gasteiger partial charge on any atom is -0.338 e. The van der Waals surface area contributed by atoms with E-state index in [0.717, 1.165) is 6.42 Å². The summed E-state index contributed by atoms with van der Waals surface area (Å²) >= 11 is 11.6. The van der Waals surface area contributed by atoms with Gasteiger partial charge >= 0.3 is 6.03 Å². The van der Waals surface area contributed by atoms with Gasteiger partial charge in [0.15, 0.2) is 0 Å². The molecule has 0 unspecified atom stereocenters. The Hall–Kier alpha value is -1.37. The molecule has 1 atom stereocenters. The van der Waals surface area contributed by atoms with Crippen molar-refractivity contribution in [3.63, 3.8) is 0 Å². The number of carbonyl (C=O) groups is 2. The highest BCUT2D eigenvalue weighted by atomic mass is 35.5. The van der Waals surface area contributed by atoms with E-state index in [2.05, 4.69) is 16.0 Å². The second-order valence-electron chi connectivity index (χ2n) is 4.69. The number of carbonyl (C=O) groups excluding carboxylic acids is 2. The van der Waals surface area contributed by atoms with Gasteiger partial charge in [0.2, 0.25) is 5.91 Å². The molecule has 0 aliphatic heterocycles. The van der Waals surface area contributed by atoms with Gasteiger partial charge in [0, 0.05) is 17.6 Å². The summed E-state index contributed by atoms with van der Waals surface area (Å²) in [5, 5.41) is 7.79. The van der Waals surface area contributed by atoms with Crippen LogP contribution in [0, 0.1) is 5.82 Å². The molecule has 122 valence electrons. The van der Waals surface area contributed by atoms with Crippen LogP contribution in [0.3, 0.4) is 0 Å². The van der Waals surface area contributed by atoms with E-state index in [9.17, 15) is 14.0 Å². The third-order valence-corrected chi connectivity index (χ3v) is 3.48. The summed E-state index contributed by atoms with van der Waals surface area (Å²) in [4.78, 5) is 22.9. The van der Waals surface area contributed by atoms with E-state index in [-0.39, 0.29) is 17.6 Å². The normalized spacial score (nSPS) is 11.9. The second kappa shape index (κ2) is 8.92. The van der Waals surface area contributed by atoms with Crippen molar-refractivity contribution in [1.29, 1.82) is 0 Å². The summed E-state index contributed by atoms with van der Waals surface area (Å²) in [6.07, 6.45) is 0.775. The van der Waals surface area contributed by atoms with Crippen molar-refractivity contribution in [2.45, 2.75) is 26.3 Å². The fraction of sp³-hybridized carbons (Fsp3) is 0.429. The van der Waals surface area contributed by atoms with Crippen LogP contribution < -0.4 is 16.0 Å². The first-order valence-corrected chi connectivity index (χ1v) is 7.56. The largest absolute Gasteiger partial charge is 0.338 e. The maximum absolute atomic E-state index is 13.5. The van der Waals surface area contributed by atoms with E-state index in [1.807, 2.05) is 6.92 Å². The maximum Gasteiger partial charge on any atom is 0.321 e. The van der Waals surface area contributed by atoms with Crippen molar-refractivity contribution in [2.24, 2.45) is 0 Å². The topological polar surface area (TPSA) is 70.2 Å². The van der Waals surface area contributed by atoms with E-state index < -0.39 is 17.8 Å². The molecule has 0 heterocycles. The first-order valence-electron chi connectivity index (χ1n) is 6.80. The second-order valence-corrected chi connectivity index (χ2v) is 5.51. The minimum absolute atomic E-state index is 0.0636. The Balaban J connectivity index is 2.52. The molecule has 0 bridgehead atoms. The molecule has 8 heteroatoms. The lowest BCUT2D eigenvalue weighted by molar-refractivity contribution is -0.119. The van der Waals surface area contributed by atoms with E-state index in [0.29, 0.717) is 17.1 Å². The summed E-state index contributed by atoms with van der Waals surface area (Å²) < 4.78 is 13.5. The molecule has 0 spiro atoms. The summed E-state index contributed by atoms with van der Waals surface area (Å²) in [5.74, 6) is -1.08. The summed E-state index contributed by atoms with van der Waals surface area (Å²) in [7, 11) is 0. The molecule has 0 aromatic heterocycles. The van der Waals surface area contributed by atoms with Gasteiger partial charge < -0.3 is 10.6 Å². The molecule has 1 rings (SSSR count). The third-order valence-electron chi connectivity index (χ3n) is 2.86. The number of halogens is 3. The van der Waals surface area contributed by atoms with Gasteiger partial charge in [0.05, 0.1) is 11.6 Å². The van der Waals surface area contributed by atoms with Crippen LogP contribution in [-0.2, 0) is 4.79 Å². The highest BCUT2D eigenvalue weighted by molar-refractivity contribution is 6.35. The molecule has 0 aliphatic carbocycles. The van der Waals surface area contributed by atoms with Crippen molar-refractivity contribution in [3.05, 3.63) is 33.6 Å². The van der Waals surface area contributed by atoms with Crippen molar-refractivity contribution in [3.8, 4) is 0 Å². The molecule has 3 N–H and O–H groups in total. The van der Waals surface area contributed by atoms with Gasteiger partial charge in [-0.1, -0.05) is 30.1 Å². The molecular formula is C14H18Cl2FN3O2. The predicted molar refractivity (Wildman–Crippen MR) is 84.7 cm³/mol. The average Bonchev–Trinajstić information content (AvgIpc) is 2.46. The SMILES string of the molecule is CCCNC(=O)NC(=O)CN[C@@H](C)c1cc(F)c(Cl)cc1Cl. The summed E-state index contributed by atoms with van der Waals surface area (Å²) in [5.41, 5.74) is 0.479. The van der Waals surface area contributed by atoms with E-state index in [1.54, 1.807) is 6.92 Å². The van der Waals surface area contributed by atoms with Crippen LogP contribution >= 0.6 is 23.2 Å². The summed E-state index contributed by atoms with van der Waals surface area (Å²) in [6.45, 7) is 4.00. The molecule has 0 saturated heterocycles. The number of rotatable bonds is 6. The van der Waals surface area contributed by atoms with Crippen LogP contribution in [0.1, 0.15) is 31.9 Å². The van der Waals surface area contributed by atoms with Gasteiger partial charge in [-0.05, 0) is 31.0 Å². The quantitative estimate of drug-likeness (QED) is 0.691. The first kappa shape index (κ1) is 18.7. The molecule has 0 fully saturated rings. The molecule has 22 heavy (non-hydrogen) atoms. The lowest BCUT2D eigenvalue weighted by atomic mass is 10.1. The van der Waals surface area contributed by atoms with E-state index >= 15 is 0 Å². The number of nitrogens with one attached hydrogen (secondary N) is 3. The standard InChI is InChI=1S/C14H18Cl2FN3O2/c1-3-4-18-14(22)20-13(21)7-19-8(2)9-5-12(17)11(16)6-10(9)15/h5-6,8,19H,3-4,7H2,1-2H3,(H2,18,20,21,22)/t8-/m0/s1. The fourth-order valence-electron chi connectivity index (χ4n) is 1.68. The van der Waals surface area contributed by atoms with Gasteiger partial charge in [0.1, 0.15) is 5.82 Å². The molecule has 0 aliphatic rings. The van der Waals surface area contributed by atoms with Gasteiger partial charge in [0.25, 0.3) is 0 Å². The number of imide groups is 1. The monoisotopic (exact) mass is 349 g/mol. The van der Waals surface area contributed by atoms with Crippen LogP contribution in [0.25, 0.3) is 0 Å². The Morgan fingerprint density at radius 3 is 2.59 bits per heavy atom. The van der Waals surface area contributed by atoms with Crippen molar-refractivity contribution < 1.29 is 14.0 Å². The molecule has 0 radical (unpaired) electrons. The Kier molecular flexibility index (Phi) is 7.58. The Bertz CT molecular complexity index is 555. The highest BCUT2D eigenvalue weighted by Gasteiger charge is 2.15. The Morgan fingerprint density at radius 2 is 1.95 bits per heavy atom. The minimum atomic E-state index is -0.585. The number of benzene rings is 1. The number of hydrogen-bond donors (Lipinski definition) is 3. The van der Waals surface area contributed by atoms with Gasteiger partial charge in [-0.2, -0.15) is 0 Å². The molecule has 1 aromatic rings. The van der Waals surface area contributed by atoms with Crippen LogP contribution in [0.15, 0.2) is 12.1 Å². The molecule has 1 aromatic carbocycles. The Labute approximate surface area is 138 Å². The zero-order chi connectivity index (χ0) is 16.7. The highest BCUT2D eigenvalue weighted by Crippen LogP contribution is 2.28. The molecule has 3 amide bonds. The van der Waals surface area contributed by atoms with Crippen molar-refractivity contribution in [2.75, 3.05) is 13.1 Å². The average molecular weight is 350 g/mol. The number of amides is 3. The molecular weight excluding hydrogens is 332 g/mol. The number of hydrogen-bond acceptors (Lipinski definition) is 3.